The van der Waals surface area contributed by atoms with Crippen LogP contribution in [0.25, 0.3) is 0 Å². The summed E-state index contributed by atoms with van der Waals surface area (Å²) in [4.78, 5) is 21.1. The molecule has 0 bridgehead atoms. The third kappa shape index (κ3) is 4.20. The number of hydrogen-bond donors (Lipinski definition) is 4. The molecule has 0 fully saturated rings. The lowest BCUT2D eigenvalue weighted by molar-refractivity contribution is -0.141. The number of carbonyl (C=O) groups is 2. The number of amides is 1. The van der Waals surface area contributed by atoms with Crippen molar-refractivity contribution in [3.63, 3.8) is 0 Å². The molecule has 0 radical (unpaired) electrons. The predicted molar refractivity (Wildman–Crippen MR) is 45.1 cm³/mol. The van der Waals surface area contributed by atoms with Crippen LogP contribution in [0.3, 0.4) is 0 Å². The summed E-state index contributed by atoms with van der Waals surface area (Å²) in [7, 11) is 0. The van der Waals surface area contributed by atoms with Crippen molar-refractivity contribution in [1.29, 1.82) is 0 Å². The maximum atomic E-state index is 10.7. The first-order valence-corrected chi connectivity index (χ1v) is 3.99. The summed E-state index contributed by atoms with van der Waals surface area (Å²) >= 11 is 3.66. The number of carboxylic acid groups (broad SMARTS) is 1. The largest absolute Gasteiger partial charge is 0.480 e. The number of aliphatic carboxylic acids is 1. The predicted octanol–water partition coefficient (Wildman–Crippen LogP) is -1.13. The van der Waals surface area contributed by atoms with E-state index in [0.717, 1.165) is 0 Å². The van der Waals surface area contributed by atoms with Gasteiger partial charge in [-0.2, -0.15) is 12.6 Å². The van der Waals surface area contributed by atoms with E-state index in [0.29, 0.717) is 0 Å². The molecule has 0 spiro atoms. The molecule has 6 heteroatoms. The molecule has 0 aromatic carbocycles. The number of hydrogen-bond acceptors (Lipinski definition) is 4. The smallest absolute Gasteiger partial charge is 0.326 e. The van der Waals surface area contributed by atoms with Crippen molar-refractivity contribution < 1.29 is 19.8 Å². The lowest BCUT2D eigenvalue weighted by Gasteiger charge is -2.11. The van der Waals surface area contributed by atoms with Gasteiger partial charge in [0, 0.05) is 13.0 Å². The van der Waals surface area contributed by atoms with E-state index in [1.807, 2.05) is 0 Å². The summed E-state index contributed by atoms with van der Waals surface area (Å²) in [6.07, 6.45) is 0.00878. The number of aliphatic hydroxyl groups excluding tert-OH is 1. The molecule has 0 saturated heterocycles. The minimum Gasteiger partial charge on any atom is -0.480 e. The maximum Gasteiger partial charge on any atom is 0.326 e. The fraction of sp³-hybridized carbons (Fsp3) is 0.667. The highest BCUT2D eigenvalue weighted by Crippen LogP contribution is 1.91. The van der Waals surface area contributed by atoms with E-state index >= 15 is 0 Å². The highest BCUT2D eigenvalue weighted by atomic mass is 32.1. The van der Waals surface area contributed by atoms with Gasteiger partial charge < -0.3 is 15.5 Å². The molecule has 1 atom stereocenters. The summed E-state index contributed by atoms with van der Waals surface area (Å²) in [5.41, 5.74) is 0. The van der Waals surface area contributed by atoms with Gasteiger partial charge in [-0.25, -0.2) is 4.79 Å². The first-order chi connectivity index (χ1) is 5.61. The second-order valence-corrected chi connectivity index (χ2v) is 2.44. The molecule has 5 nitrogen and oxygen atoms in total. The van der Waals surface area contributed by atoms with Gasteiger partial charge in [0.25, 0.3) is 0 Å². The Hall–Kier alpha value is -0.750. The minimum atomic E-state index is -1.15. The van der Waals surface area contributed by atoms with Gasteiger partial charge in [-0.05, 0) is 0 Å². The lowest BCUT2D eigenvalue weighted by Crippen LogP contribution is -2.41. The zero-order valence-electron chi connectivity index (χ0n) is 6.36. The molecule has 0 aromatic rings. The number of carbonyl (C=O) groups excluding carboxylic acids is 1. The second kappa shape index (κ2) is 5.84. The highest BCUT2D eigenvalue weighted by molar-refractivity contribution is 7.81. The van der Waals surface area contributed by atoms with Crippen LogP contribution in [0.5, 0.6) is 0 Å². The van der Waals surface area contributed by atoms with Crippen LogP contribution >= 0.6 is 12.6 Å². The van der Waals surface area contributed by atoms with Crippen LogP contribution in [0, 0.1) is 0 Å². The molecule has 70 valence electrons. The summed E-state index contributed by atoms with van der Waals surface area (Å²) in [6.45, 7) is -0.274. The van der Waals surface area contributed by atoms with Gasteiger partial charge in [0.2, 0.25) is 5.91 Å². The Morgan fingerprint density at radius 1 is 1.50 bits per heavy atom. The van der Waals surface area contributed by atoms with Crippen molar-refractivity contribution in [1.82, 2.24) is 5.32 Å². The molecule has 0 aliphatic rings. The Morgan fingerprint density at radius 2 is 2.08 bits per heavy atom. The van der Waals surface area contributed by atoms with Crippen molar-refractivity contribution in [3.8, 4) is 0 Å². The Balaban J connectivity index is 3.95. The van der Waals surface area contributed by atoms with Crippen LogP contribution in [-0.4, -0.2) is 40.5 Å². The van der Waals surface area contributed by atoms with Gasteiger partial charge in [-0.15, -0.1) is 0 Å². The van der Waals surface area contributed by atoms with Gasteiger partial charge >= 0.3 is 5.97 Å². The van der Waals surface area contributed by atoms with Crippen LogP contribution in [0.15, 0.2) is 0 Å². The fourth-order valence-corrected chi connectivity index (χ4v) is 0.718. The van der Waals surface area contributed by atoms with E-state index in [4.69, 9.17) is 10.2 Å². The molecule has 0 unspecified atom stereocenters. The minimum absolute atomic E-state index is 0.00878. The van der Waals surface area contributed by atoms with Crippen LogP contribution < -0.4 is 5.32 Å². The summed E-state index contributed by atoms with van der Waals surface area (Å²) in [6, 6.07) is -1.02. The molecular formula is C6H11NO4S. The van der Waals surface area contributed by atoms with Crippen molar-refractivity contribution in [2.75, 3.05) is 12.4 Å². The van der Waals surface area contributed by atoms with E-state index < -0.39 is 17.9 Å². The molecule has 0 aliphatic heterocycles. The monoisotopic (exact) mass is 193 g/mol. The zero-order chi connectivity index (χ0) is 9.56. The summed E-state index contributed by atoms with van der Waals surface area (Å²) in [5.74, 6) is -1.67. The van der Waals surface area contributed by atoms with Gasteiger partial charge in [0.1, 0.15) is 6.04 Å². The molecular weight excluding hydrogens is 182 g/mol. The molecule has 0 aliphatic carbocycles. The van der Waals surface area contributed by atoms with Gasteiger partial charge in [0.05, 0.1) is 5.75 Å². The number of aliphatic hydroxyl groups is 1. The normalized spacial score (nSPS) is 12.2. The van der Waals surface area contributed by atoms with Crippen LogP contribution in [0.1, 0.15) is 6.42 Å². The van der Waals surface area contributed by atoms with Gasteiger partial charge in [-0.1, -0.05) is 0 Å². The number of carboxylic acids is 1. The SMILES string of the molecule is O=C(CS)N[C@@H](CCO)C(=O)O. The molecule has 0 aromatic heterocycles. The van der Waals surface area contributed by atoms with Gasteiger partial charge in [0.15, 0.2) is 0 Å². The molecule has 3 N–H and O–H groups in total. The fourth-order valence-electron chi connectivity index (χ4n) is 0.626. The van der Waals surface area contributed by atoms with E-state index in [1.54, 1.807) is 0 Å². The standard InChI is InChI=1S/C6H11NO4S/c8-2-1-4(6(10)11)7-5(9)3-12/h4,8,12H,1-3H2,(H,7,9)(H,10,11)/t4-/m0/s1. The van der Waals surface area contributed by atoms with E-state index in [1.165, 1.54) is 0 Å². The van der Waals surface area contributed by atoms with Crippen molar-refractivity contribution in [2.45, 2.75) is 12.5 Å². The summed E-state index contributed by atoms with van der Waals surface area (Å²) < 4.78 is 0. The molecule has 0 saturated carbocycles. The van der Waals surface area contributed by atoms with Crippen LogP contribution in [0.4, 0.5) is 0 Å². The maximum absolute atomic E-state index is 10.7. The molecule has 1 amide bonds. The number of nitrogens with one attached hydrogen (secondary N) is 1. The Kier molecular flexibility index (Phi) is 5.48. The van der Waals surface area contributed by atoms with E-state index in [-0.39, 0.29) is 18.8 Å². The topological polar surface area (TPSA) is 86.6 Å². The molecule has 0 rings (SSSR count). The zero-order valence-corrected chi connectivity index (χ0v) is 7.25. The first-order valence-electron chi connectivity index (χ1n) is 3.35. The van der Waals surface area contributed by atoms with E-state index in [2.05, 4.69) is 17.9 Å². The lowest BCUT2D eigenvalue weighted by atomic mass is 10.2. The quantitative estimate of drug-likeness (QED) is 0.416. The third-order valence-electron chi connectivity index (χ3n) is 1.19. The second-order valence-electron chi connectivity index (χ2n) is 2.13. The average molecular weight is 193 g/mol. The Bertz CT molecular complexity index is 171. The molecule has 12 heavy (non-hydrogen) atoms. The third-order valence-corrected chi connectivity index (χ3v) is 1.48. The highest BCUT2D eigenvalue weighted by Gasteiger charge is 2.17. The average Bonchev–Trinajstić information content (AvgIpc) is 2.03. The number of rotatable bonds is 5. The van der Waals surface area contributed by atoms with Gasteiger partial charge in [-0.3, -0.25) is 4.79 Å². The Morgan fingerprint density at radius 3 is 2.42 bits per heavy atom. The summed E-state index contributed by atoms with van der Waals surface area (Å²) in [5, 5.41) is 19.1. The number of thiol groups is 1. The van der Waals surface area contributed by atoms with Crippen molar-refractivity contribution in [3.05, 3.63) is 0 Å². The van der Waals surface area contributed by atoms with Crippen LogP contribution in [-0.2, 0) is 9.59 Å². The van der Waals surface area contributed by atoms with E-state index in [9.17, 15) is 9.59 Å². The van der Waals surface area contributed by atoms with Crippen LogP contribution in [0.2, 0.25) is 0 Å². The van der Waals surface area contributed by atoms with Crippen molar-refractivity contribution >= 4 is 24.5 Å². The van der Waals surface area contributed by atoms with Crippen molar-refractivity contribution in [2.24, 2.45) is 0 Å². The molecule has 0 heterocycles. The Labute approximate surface area is 75.2 Å². The first kappa shape index (κ1) is 11.2.